The average Bonchev–Trinajstić information content (AvgIpc) is 2.94. The molecule has 0 spiro atoms. The number of aliphatic hydroxyl groups excluding tert-OH is 1. The molecule has 0 aliphatic carbocycles. The van der Waals surface area contributed by atoms with E-state index in [1.54, 1.807) is 0 Å². The van der Waals surface area contributed by atoms with Crippen LogP contribution in [0.15, 0.2) is 12.7 Å². The molecule has 0 bridgehead atoms. The van der Waals surface area contributed by atoms with Crippen molar-refractivity contribution in [2.75, 3.05) is 5.73 Å². The molecule has 11 nitrogen and oxygen atoms in total. The van der Waals surface area contributed by atoms with Crippen molar-refractivity contribution in [3.8, 4) is 0 Å². The van der Waals surface area contributed by atoms with Crippen LogP contribution in [0.2, 0.25) is 0 Å². The quantitative estimate of drug-likeness (QED) is 0.454. The second-order valence-corrected chi connectivity index (χ2v) is 4.44. The number of aliphatic carboxylic acids is 1. The van der Waals surface area contributed by atoms with Crippen LogP contribution in [0.4, 0.5) is 5.82 Å². The number of hydrogen-bond acceptors (Lipinski definition) is 8. The van der Waals surface area contributed by atoms with Gasteiger partial charge in [-0.25, -0.2) is 19.7 Å². The molecule has 21 heavy (non-hydrogen) atoms. The molecule has 3 rings (SSSR count). The van der Waals surface area contributed by atoms with Gasteiger partial charge < -0.3 is 31.9 Å². The van der Waals surface area contributed by atoms with Gasteiger partial charge in [-0.05, 0) is 0 Å². The normalized spacial score (nSPS) is 28.5. The van der Waals surface area contributed by atoms with Crippen LogP contribution in [0, 0.1) is 0 Å². The molecule has 11 heteroatoms. The number of hydrogen-bond donors (Lipinski definition) is 4. The van der Waals surface area contributed by atoms with E-state index in [0.29, 0.717) is 11.2 Å². The number of nitrogen functional groups attached to an aromatic ring is 1. The van der Waals surface area contributed by atoms with E-state index in [-0.39, 0.29) is 11.3 Å². The Kier molecular flexibility index (Phi) is 3.74. The number of rotatable bonds is 2. The molecule has 3 heterocycles. The van der Waals surface area contributed by atoms with Crippen LogP contribution in [0.3, 0.4) is 0 Å². The summed E-state index contributed by atoms with van der Waals surface area (Å²) in [6.07, 6.45) is -0.909. The monoisotopic (exact) mass is 298 g/mol. The molecule has 0 aromatic carbocycles. The molecule has 8 N–H and O–H groups in total. The van der Waals surface area contributed by atoms with Crippen molar-refractivity contribution in [3.63, 3.8) is 0 Å². The largest absolute Gasteiger partial charge is 0.479 e. The number of anilines is 1. The highest BCUT2D eigenvalue weighted by Crippen LogP contribution is 2.31. The molecular formula is C10H14N6O5. The van der Waals surface area contributed by atoms with Crippen molar-refractivity contribution in [3.05, 3.63) is 12.7 Å². The third kappa shape index (κ3) is 2.17. The van der Waals surface area contributed by atoms with E-state index >= 15 is 0 Å². The first-order valence-electron chi connectivity index (χ1n) is 5.75. The van der Waals surface area contributed by atoms with Gasteiger partial charge in [-0.2, -0.15) is 0 Å². The third-order valence-corrected chi connectivity index (χ3v) is 3.23. The summed E-state index contributed by atoms with van der Waals surface area (Å²) in [6, 6.07) is -1.05. The lowest BCUT2D eigenvalue weighted by atomic mass is 10.1. The van der Waals surface area contributed by atoms with Crippen molar-refractivity contribution in [2.45, 2.75) is 24.5 Å². The standard InChI is InChI=1S/C10H12N6O4.H2O/c11-3-5(17)9(20-6(3)10(18)19)16-2-15-4-7(12)13-1-14-8(4)16;/h1-3,5-6,9,17H,11H2,(H,18,19)(H2,12,13,14);1H2/t3-,5+,6-,9+;/m0./s1. The Labute approximate surface area is 117 Å². The van der Waals surface area contributed by atoms with E-state index in [9.17, 15) is 9.90 Å². The van der Waals surface area contributed by atoms with Crippen LogP contribution < -0.4 is 11.5 Å². The topological polar surface area (TPSA) is 194 Å². The number of imidazole rings is 1. The predicted octanol–water partition coefficient (Wildman–Crippen LogP) is -2.75. The van der Waals surface area contributed by atoms with Crippen molar-refractivity contribution in [1.29, 1.82) is 0 Å². The Morgan fingerprint density at radius 1 is 1.38 bits per heavy atom. The minimum absolute atomic E-state index is 0. The molecule has 0 amide bonds. The van der Waals surface area contributed by atoms with Crippen molar-refractivity contribution in [2.24, 2.45) is 5.73 Å². The maximum atomic E-state index is 11.0. The van der Waals surface area contributed by atoms with Gasteiger partial charge in [0.15, 0.2) is 23.8 Å². The highest BCUT2D eigenvalue weighted by atomic mass is 16.6. The first-order valence-corrected chi connectivity index (χ1v) is 5.75. The SMILES string of the molecule is Nc1ncnc2c1ncn2[C@@H]1O[C@H](C(=O)O)[C@@H](N)[C@H]1O.O. The highest BCUT2D eigenvalue weighted by molar-refractivity contribution is 5.81. The Morgan fingerprint density at radius 2 is 2.10 bits per heavy atom. The minimum atomic E-state index is -1.30. The van der Waals surface area contributed by atoms with E-state index < -0.39 is 30.4 Å². The zero-order chi connectivity index (χ0) is 14.4. The van der Waals surface area contributed by atoms with Gasteiger partial charge in [0, 0.05) is 0 Å². The smallest absolute Gasteiger partial charge is 0.334 e. The molecule has 2 aromatic heterocycles. The van der Waals surface area contributed by atoms with Crippen LogP contribution in [0.5, 0.6) is 0 Å². The van der Waals surface area contributed by atoms with Gasteiger partial charge in [0.1, 0.15) is 17.9 Å². The van der Waals surface area contributed by atoms with E-state index in [4.69, 9.17) is 21.3 Å². The summed E-state index contributed by atoms with van der Waals surface area (Å²) in [5, 5.41) is 19.0. The second-order valence-electron chi connectivity index (χ2n) is 4.44. The van der Waals surface area contributed by atoms with Crippen molar-refractivity contribution in [1.82, 2.24) is 19.5 Å². The van der Waals surface area contributed by atoms with Crippen LogP contribution in [0.25, 0.3) is 11.2 Å². The van der Waals surface area contributed by atoms with Crippen molar-refractivity contribution >= 4 is 23.0 Å². The number of ether oxygens (including phenoxy) is 1. The fourth-order valence-electron chi connectivity index (χ4n) is 2.20. The number of aliphatic hydroxyl groups is 1. The zero-order valence-electron chi connectivity index (χ0n) is 10.6. The number of nitrogens with two attached hydrogens (primary N) is 2. The Morgan fingerprint density at radius 3 is 2.71 bits per heavy atom. The minimum Gasteiger partial charge on any atom is -0.479 e. The molecule has 1 aliphatic heterocycles. The molecular weight excluding hydrogens is 284 g/mol. The first kappa shape index (κ1) is 15.1. The maximum Gasteiger partial charge on any atom is 0.334 e. The molecule has 2 aromatic rings. The number of fused-ring (bicyclic) bond motifs is 1. The second kappa shape index (κ2) is 5.21. The molecule has 0 saturated carbocycles. The zero-order valence-corrected chi connectivity index (χ0v) is 10.6. The lowest BCUT2D eigenvalue weighted by molar-refractivity contribution is -0.152. The summed E-state index contributed by atoms with van der Waals surface area (Å²) in [6.45, 7) is 0. The third-order valence-electron chi connectivity index (χ3n) is 3.23. The molecule has 1 saturated heterocycles. The fourth-order valence-corrected chi connectivity index (χ4v) is 2.20. The maximum absolute atomic E-state index is 11.0. The van der Waals surface area contributed by atoms with Crippen LogP contribution in [-0.2, 0) is 9.53 Å². The van der Waals surface area contributed by atoms with Gasteiger partial charge in [0.2, 0.25) is 0 Å². The molecule has 4 atom stereocenters. The van der Waals surface area contributed by atoms with Gasteiger partial charge in [0.25, 0.3) is 0 Å². The molecule has 1 fully saturated rings. The van der Waals surface area contributed by atoms with Crippen molar-refractivity contribution < 1.29 is 25.2 Å². The summed E-state index contributed by atoms with van der Waals surface area (Å²) in [7, 11) is 0. The number of carboxylic acids is 1. The summed E-state index contributed by atoms with van der Waals surface area (Å²) >= 11 is 0. The fraction of sp³-hybridized carbons (Fsp3) is 0.400. The molecule has 114 valence electrons. The van der Waals surface area contributed by atoms with Crippen LogP contribution in [-0.4, -0.2) is 59.4 Å². The lowest BCUT2D eigenvalue weighted by Gasteiger charge is -2.16. The average molecular weight is 298 g/mol. The highest BCUT2D eigenvalue weighted by Gasteiger charge is 2.46. The number of carbonyl (C=O) groups is 1. The lowest BCUT2D eigenvalue weighted by Crippen LogP contribution is -2.43. The molecule has 1 aliphatic rings. The van der Waals surface area contributed by atoms with E-state index in [0.717, 1.165) is 0 Å². The van der Waals surface area contributed by atoms with Gasteiger partial charge in [-0.15, -0.1) is 0 Å². The van der Waals surface area contributed by atoms with Gasteiger partial charge in [-0.1, -0.05) is 0 Å². The van der Waals surface area contributed by atoms with Crippen LogP contribution >= 0.6 is 0 Å². The van der Waals surface area contributed by atoms with Gasteiger partial charge in [0.05, 0.1) is 12.4 Å². The Balaban J connectivity index is 0.00000161. The number of aromatic nitrogens is 4. The van der Waals surface area contributed by atoms with E-state index in [1.807, 2.05) is 0 Å². The Hall–Kier alpha value is -2.34. The summed E-state index contributed by atoms with van der Waals surface area (Å²) < 4.78 is 6.68. The van der Waals surface area contributed by atoms with E-state index in [2.05, 4.69) is 15.0 Å². The van der Waals surface area contributed by atoms with E-state index in [1.165, 1.54) is 17.2 Å². The first-order chi connectivity index (χ1) is 9.50. The van der Waals surface area contributed by atoms with Gasteiger partial charge >= 0.3 is 5.97 Å². The number of nitrogens with zero attached hydrogens (tertiary/aromatic N) is 4. The molecule has 0 unspecified atom stereocenters. The predicted molar refractivity (Wildman–Crippen MR) is 68.9 cm³/mol. The number of carboxylic acid groups (broad SMARTS) is 1. The van der Waals surface area contributed by atoms with Crippen LogP contribution in [0.1, 0.15) is 6.23 Å². The molecule has 0 radical (unpaired) electrons. The summed E-state index contributed by atoms with van der Waals surface area (Å²) in [5.74, 6) is -1.06. The summed E-state index contributed by atoms with van der Waals surface area (Å²) in [5.41, 5.74) is 12.0. The Bertz CT molecular complexity index is 675. The van der Waals surface area contributed by atoms with Gasteiger partial charge in [-0.3, -0.25) is 4.57 Å². The summed E-state index contributed by atoms with van der Waals surface area (Å²) in [4.78, 5) is 22.8.